The number of carbonyl (C=O) groups excluding carboxylic acids is 4. The van der Waals surface area contributed by atoms with Crippen LogP contribution in [0.15, 0.2) is 42.5 Å². The van der Waals surface area contributed by atoms with Gasteiger partial charge >= 0.3 is 10.2 Å². The average molecular weight is 595 g/mol. The third kappa shape index (κ3) is 6.95. The number of Topliss-reactive ketones (excluding diaryl/α,β-unsaturated/α-hetero) is 1. The van der Waals surface area contributed by atoms with E-state index in [0.29, 0.717) is 19.6 Å². The number of nitrogens with zero attached hydrogens (tertiary/aromatic N) is 2. The Morgan fingerprint density at radius 2 is 1.68 bits per heavy atom. The van der Waals surface area contributed by atoms with Gasteiger partial charge in [0.1, 0.15) is 17.5 Å². The zero-order valence-electron chi connectivity index (χ0n) is 21.7. The smallest absolute Gasteiger partial charge is 0.325 e. The minimum atomic E-state index is -4.30. The van der Waals surface area contributed by atoms with Crippen LogP contribution in [-0.2, 0) is 31.1 Å². The second kappa shape index (κ2) is 11.9. The lowest BCUT2D eigenvalue weighted by Crippen LogP contribution is -2.58. The Kier molecular flexibility index (Phi) is 8.76. The van der Waals surface area contributed by atoms with Crippen molar-refractivity contribution in [2.24, 2.45) is 5.92 Å². The summed E-state index contributed by atoms with van der Waals surface area (Å²) in [6.45, 7) is 5.18. The molecule has 0 radical (unpaired) electrons. The summed E-state index contributed by atoms with van der Waals surface area (Å²) >= 11 is 6.05. The quantitative estimate of drug-likeness (QED) is 0.347. The van der Waals surface area contributed by atoms with E-state index in [9.17, 15) is 32.0 Å². The average Bonchev–Trinajstić information content (AvgIpc) is 2.87. The predicted molar refractivity (Wildman–Crippen MR) is 142 cm³/mol. The molecule has 2 aromatic carbocycles. The minimum Gasteiger partial charge on any atom is -0.483 e. The van der Waals surface area contributed by atoms with E-state index in [2.05, 4.69) is 4.90 Å². The van der Waals surface area contributed by atoms with Gasteiger partial charge in [0, 0.05) is 43.2 Å². The molecule has 0 aliphatic carbocycles. The molecule has 2 fully saturated rings. The molecule has 0 spiro atoms. The van der Waals surface area contributed by atoms with Crippen molar-refractivity contribution in [1.82, 2.24) is 19.2 Å². The number of halogens is 2. The van der Waals surface area contributed by atoms with Crippen molar-refractivity contribution in [2.75, 3.05) is 19.7 Å². The molecule has 2 N–H and O–H groups in total. The summed E-state index contributed by atoms with van der Waals surface area (Å²) in [5, 5.41) is 0.182. The molecule has 2 aromatic rings. The minimum absolute atomic E-state index is 0.0227. The zero-order chi connectivity index (χ0) is 29.2. The van der Waals surface area contributed by atoms with Gasteiger partial charge in [-0.2, -0.15) is 8.42 Å². The highest BCUT2D eigenvalue weighted by Crippen LogP contribution is 2.27. The van der Waals surface area contributed by atoms with Gasteiger partial charge in [-0.1, -0.05) is 23.7 Å². The van der Waals surface area contributed by atoms with E-state index in [1.165, 1.54) is 30.3 Å². The fourth-order valence-electron chi connectivity index (χ4n) is 4.69. The maximum Gasteiger partial charge on any atom is 0.325 e. The number of ketones is 1. The largest absolute Gasteiger partial charge is 0.483 e. The molecular weight excluding hydrogens is 567 g/mol. The highest BCUT2D eigenvalue weighted by atomic mass is 35.5. The van der Waals surface area contributed by atoms with Gasteiger partial charge in [0.05, 0.1) is 5.56 Å². The molecule has 2 heterocycles. The molecule has 0 saturated carbocycles. The molecule has 0 bridgehead atoms. The van der Waals surface area contributed by atoms with E-state index in [1.54, 1.807) is 26.5 Å². The van der Waals surface area contributed by atoms with Crippen LogP contribution in [0.1, 0.15) is 36.2 Å². The van der Waals surface area contributed by atoms with Crippen LogP contribution in [0.25, 0.3) is 0 Å². The maximum atomic E-state index is 13.2. The molecule has 40 heavy (non-hydrogen) atoms. The summed E-state index contributed by atoms with van der Waals surface area (Å²) in [4.78, 5) is 54.2. The maximum absolute atomic E-state index is 13.2. The lowest BCUT2D eigenvalue weighted by molar-refractivity contribution is -0.139. The van der Waals surface area contributed by atoms with Crippen molar-refractivity contribution in [3.05, 3.63) is 64.4 Å². The molecule has 11 nitrogen and oxygen atoms in total. The van der Waals surface area contributed by atoms with Gasteiger partial charge < -0.3 is 9.64 Å². The van der Waals surface area contributed by atoms with Crippen LogP contribution >= 0.6 is 11.6 Å². The molecule has 0 unspecified atom stereocenters. The lowest BCUT2D eigenvalue weighted by atomic mass is 9.96. The number of ether oxygens (including phenoxy) is 1. The summed E-state index contributed by atoms with van der Waals surface area (Å²) in [6, 6.07) is 10.3. The Balaban J connectivity index is 1.39. The van der Waals surface area contributed by atoms with Crippen LogP contribution < -0.4 is 14.2 Å². The first kappa shape index (κ1) is 29.4. The Labute approximate surface area is 235 Å². The molecule has 214 valence electrons. The first-order chi connectivity index (χ1) is 18.8. The van der Waals surface area contributed by atoms with E-state index in [-0.39, 0.29) is 46.8 Å². The number of hydrogen-bond donors (Lipinski definition) is 2. The first-order valence-corrected chi connectivity index (χ1v) is 14.3. The van der Waals surface area contributed by atoms with Gasteiger partial charge in [-0.3, -0.25) is 24.1 Å². The van der Waals surface area contributed by atoms with Gasteiger partial charge in [0.15, 0.2) is 12.4 Å². The molecule has 2 aliphatic heterocycles. The molecule has 2 atom stereocenters. The van der Waals surface area contributed by atoms with Crippen LogP contribution in [0, 0.1) is 11.7 Å². The third-order valence-corrected chi connectivity index (χ3v) is 7.99. The monoisotopic (exact) mass is 594 g/mol. The Morgan fingerprint density at radius 1 is 1.02 bits per heavy atom. The number of hydrogen-bond acceptors (Lipinski definition) is 8. The molecule has 2 saturated heterocycles. The molecule has 2 aliphatic rings. The van der Waals surface area contributed by atoms with Gasteiger partial charge in [0.2, 0.25) is 11.8 Å². The number of amides is 3. The van der Waals surface area contributed by atoms with Crippen LogP contribution in [0.5, 0.6) is 5.75 Å². The van der Waals surface area contributed by atoms with Crippen molar-refractivity contribution in [3.63, 3.8) is 0 Å². The number of carbonyl (C=O) groups is 4. The summed E-state index contributed by atoms with van der Waals surface area (Å²) in [5.74, 6) is -5.09. The van der Waals surface area contributed by atoms with E-state index in [4.69, 9.17) is 16.3 Å². The standard InChI is InChI=1S/C26H28ClFN4O7S/c1-15-12-32(16(2)11-31(15)13-17-3-6-19(28)7-4-17)24(34)14-39-23-8-5-18(27)9-20(23)22(33)10-21-25(35)29-40(37,38)30-26(21)36/h3-9,15-16,21H,10-14H2,1-2H3,(H,29,35)(H,30,36)/t15-,16+/m0/s1. The number of nitrogens with one attached hydrogen (secondary N) is 2. The summed E-state index contributed by atoms with van der Waals surface area (Å²) in [7, 11) is -4.30. The van der Waals surface area contributed by atoms with Crippen LogP contribution in [0.3, 0.4) is 0 Å². The van der Waals surface area contributed by atoms with Crippen LogP contribution in [-0.4, -0.2) is 73.5 Å². The number of piperazine rings is 1. The van der Waals surface area contributed by atoms with Crippen molar-refractivity contribution in [2.45, 2.75) is 38.9 Å². The van der Waals surface area contributed by atoms with E-state index < -0.39 is 40.1 Å². The van der Waals surface area contributed by atoms with E-state index in [0.717, 1.165) is 5.56 Å². The zero-order valence-corrected chi connectivity index (χ0v) is 23.3. The highest BCUT2D eigenvalue weighted by molar-refractivity contribution is 7.88. The third-order valence-electron chi connectivity index (χ3n) is 6.82. The van der Waals surface area contributed by atoms with Gasteiger partial charge in [-0.15, -0.1) is 0 Å². The van der Waals surface area contributed by atoms with Gasteiger partial charge in [0.25, 0.3) is 5.91 Å². The van der Waals surface area contributed by atoms with E-state index in [1.807, 2.05) is 13.8 Å². The highest BCUT2D eigenvalue weighted by Gasteiger charge is 2.39. The first-order valence-electron chi connectivity index (χ1n) is 12.4. The van der Waals surface area contributed by atoms with Crippen molar-refractivity contribution >= 4 is 45.3 Å². The van der Waals surface area contributed by atoms with Crippen molar-refractivity contribution in [1.29, 1.82) is 0 Å². The molecule has 14 heteroatoms. The molecular formula is C26H28ClFN4O7S. The SMILES string of the molecule is C[C@@H]1CN(Cc2ccc(F)cc2)[C@@H](C)CN1C(=O)COc1ccc(Cl)cc1C(=O)CC1C(=O)NS(=O)(=O)NC1=O. The van der Waals surface area contributed by atoms with Crippen LogP contribution in [0.4, 0.5) is 4.39 Å². The van der Waals surface area contributed by atoms with Crippen molar-refractivity contribution in [3.8, 4) is 5.75 Å². The predicted octanol–water partition coefficient (Wildman–Crippen LogP) is 1.66. The van der Waals surface area contributed by atoms with E-state index >= 15 is 0 Å². The number of rotatable bonds is 8. The molecule has 3 amide bonds. The molecule has 0 aromatic heterocycles. The second-order valence-corrected chi connectivity index (χ2v) is 11.7. The number of benzene rings is 2. The Hall–Kier alpha value is -3.55. The molecule has 4 rings (SSSR count). The normalized spacial score (nSPS) is 21.4. The van der Waals surface area contributed by atoms with Crippen LogP contribution in [0.2, 0.25) is 5.02 Å². The Morgan fingerprint density at radius 3 is 2.33 bits per heavy atom. The van der Waals surface area contributed by atoms with Gasteiger partial charge in [-0.05, 0) is 49.7 Å². The summed E-state index contributed by atoms with van der Waals surface area (Å²) in [5.41, 5.74) is 0.910. The second-order valence-electron chi connectivity index (χ2n) is 9.85. The lowest BCUT2D eigenvalue weighted by Gasteiger charge is -2.44. The Bertz CT molecular complexity index is 1410. The summed E-state index contributed by atoms with van der Waals surface area (Å²) in [6.07, 6.45) is -0.637. The van der Waals surface area contributed by atoms with Crippen molar-refractivity contribution < 1.29 is 36.7 Å². The fraction of sp³-hybridized carbons (Fsp3) is 0.385. The summed E-state index contributed by atoms with van der Waals surface area (Å²) < 4.78 is 45.2. The topological polar surface area (TPSA) is 142 Å². The fourth-order valence-corrected chi connectivity index (χ4v) is 5.73. The van der Waals surface area contributed by atoms with Gasteiger partial charge in [-0.25, -0.2) is 13.8 Å².